The molecule has 118 valence electrons. The van der Waals surface area contributed by atoms with Gasteiger partial charge < -0.3 is 10.2 Å². The van der Waals surface area contributed by atoms with Crippen LogP contribution in [0.25, 0.3) is 0 Å². The summed E-state index contributed by atoms with van der Waals surface area (Å²) in [6.07, 6.45) is 0. The average Bonchev–Trinajstić information content (AvgIpc) is 2.68. The number of aryl methyl sites for hydroxylation is 3. The normalized spacial score (nSPS) is 12.2. The molecule has 1 aromatic carbocycles. The summed E-state index contributed by atoms with van der Waals surface area (Å²) in [5.74, 6) is 0.0188. The van der Waals surface area contributed by atoms with Crippen LogP contribution in [-0.2, 0) is 18.4 Å². The summed E-state index contributed by atoms with van der Waals surface area (Å²) < 4.78 is 1.79. The van der Waals surface area contributed by atoms with E-state index in [1.807, 2.05) is 40.1 Å². The van der Waals surface area contributed by atoms with E-state index in [-0.39, 0.29) is 5.91 Å². The Labute approximate surface area is 131 Å². The lowest BCUT2D eigenvalue weighted by Gasteiger charge is -2.15. The number of aromatic nitrogens is 2. The first-order chi connectivity index (χ1) is 10.4. The molecule has 1 atom stereocenters. The minimum absolute atomic E-state index is 0.0188. The van der Waals surface area contributed by atoms with Gasteiger partial charge in [0.25, 0.3) is 5.91 Å². The number of hydrogen-bond acceptors (Lipinski definition) is 2. The Morgan fingerprint density at radius 3 is 2.55 bits per heavy atom. The lowest BCUT2D eigenvalue weighted by molar-refractivity contribution is -0.885. The molecular weight excluding hydrogens is 276 g/mol. The molecule has 0 spiro atoms. The molecule has 1 unspecified atom stereocenters. The quantitative estimate of drug-likeness (QED) is 0.865. The first-order valence-electron chi connectivity index (χ1n) is 7.54. The van der Waals surface area contributed by atoms with E-state index >= 15 is 0 Å². The number of carbonyl (C=O) groups is 1. The highest BCUT2D eigenvalue weighted by molar-refractivity contribution is 5.92. The third kappa shape index (κ3) is 3.74. The molecule has 0 saturated carbocycles. The third-order valence-corrected chi connectivity index (χ3v) is 3.99. The van der Waals surface area contributed by atoms with Crippen molar-refractivity contribution in [2.24, 2.45) is 7.05 Å². The Bertz CT molecular complexity index is 675. The van der Waals surface area contributed by atoms with Crippen molar-refractivity contribution in [3.63, 3.8) is 0 Å². The van der Waals surface area contributed by atoms with Gasteiger partial charge in [-0.05, 0) is 26.3 Å². The minimum Gasteiger partial charge on any atom is -0.326 e. The zero-order chi connectivity index (χ0) is 16.3. The first kappa shape index (κ1) is 16.2. The van der Waals surface area contributed by atoms with Gasteiger partial charge in [-0.15, -0.1) is 0 Å². The summed E-state index contributed by atoms with van der Waals surface area (Å²) in [6.45, 7) is 7.24. The number of anilines is 1. The average molecular weight is 301 g/mol. The molecule has 22 heavy (non-hydrogen) atoms. The lowest BCUT2D eigenvalue weighted by atomic mass is 10.1. The van der Waals surface area contributed by atoms with Crippen molar-refractivity contribution in [2.45, 2.75) is 27.3 Å². The topological polar surface area (TPSA) is 51.4 Å². The number of hydrogen-bond donors (Lipinski definition) is 2. The summed E-state index contributed by atoms with van der Waals surface area (Å²) in [6, 6.07) is 8.30. The molecule has 5 nitrogen and oxygen atoms in total. The molecule has 0 saturated heterocycles. The molecular formula is C17H25N4O+. The number of nitrogens with zero attached hydrogens (tertiary/aromatic N) is 2. The summed E-state index contributed by atoms with van der Waals surface area (Å²) in [4.78, 5) is 13.4. The van der Waals surface area contributed by atoms with E-state index in [1.165, 1.54) is 11.1 Å². The first-order valence-corrected chi connectivity index (χ1v) is 7.54. The predicted octanol–water partition coefficient (Wildman–Crippen LogP) is 0.999. The molecule has 2 rings (SSSR count). The summed E-state index contributed by atoms with van der Waals surface area (Å²) in [5.41, 5.74) is 5.20. The standard InChI is InChI=1S/C17H24N4O/c1-12-8-6-7-9-15(12)10-20(4)11-16(22)18-17-13(2)19-21(5)14(17)3/h6-9H,10-11H2,1-5H3,(H,18,22)/p+1. The molecule has 0 aliphatic heterocycles. The van der Waals surface area contributed by atoms with Gasteiger partial charge in [-0.2, -0.15) is 5.10 Å². The highest BCUT2D eigenvalue weighted by atomic mass is 16.2. The van der Waals surface area contributed by atoms with Crippen LogP contribution in [-0.4, -0.2) is 29.3 Å². The fraction of sp³-hybridized carbons (Fsp3) is 0.412. The number of rotatable bonds is 5. The van der Waals surface area contributed by atoms with E-state index in [9.17, 15) is 4.79 Å². The van der Waals surface area contributed by atoms with Gasteiger partial charge in [0.1, 0.15) is 6.54 Å². The van der Waals surface area contributed by atoms with E-state index < -0.39 is 0 Å². The van der Waals surface area contributed by atoms with Gasteiger partial charge in [0.05, 0.1) is 24.1 Å². The maximum absolute atomic E-state index is 12.2. The Morgan fingerprint density at radius 2 is 1.95 bits per heavy atom. The van der Waals surface area contributed by atoms with Crippen molar-refractivity contribution < 1.29 is 9.69 Å². The van der Waals surface area contributed by atoms with E-state index in [1.54, 1.807) is 4.68 Å². The van der Waals surface area contributed by atoms with Crippen molar-refractivity contribution in [3.05, 3.63) is 46.8 Å². The predicted molar refractivity (Wildman–Crippen MR) is 87.9 cm³/mol. The van der Waals surface area contributed by atoms with Gasteiger partial charge in [0.2, 0.25) is 0 Å². The Balaban J connectivity index is 1.96. The van der Waals surface area contributed by atoms with Crippen LogP contribution in [0.3, 0.4) is 0 Å². The Morgan fingerprint density at radius 1 is 1.27 bits per heavy atom. The molecule has 0 fully saturated rings. The van der Waals surface area contributed by atoms with Crippen LogP contribution < -0.4 is 10.2 Å². The van der Waals surface area contributed by atoms with Crippen molar-refractivity contribution in [1.29, 1.82) is 0 Å². The molecule has 2 aromatic rings. The molecule has 1 aromatic heterocycles. The second kappa shape index (κ2) is 6.75. The van der Waals surface area contributed by atoms with Crippen LogP contribution in [0.1, 0.15) is 22.5 Å². The molecule has 0 radical (unpaired) electrons. The molecule has 0 aliphatic rings. The van der Waals surface area contributed by atoms with Crippen molar-refractivity contribution >= 4 is 11.6 Å². The van der Waals surface area contributed by atoms with Crippen LogP contribution in [0.4, 0.5) is 5.69 Å². The number of nitrogens with one attached hydrogen (secondary N) is 2. The monoisotopic (exact) mass is 301 g/mol. The van der Waals surface area contributed by atoms with Gasteiger partial charge in [-0.3, -0.25) is 9.48 Å². The van der Waals surface area contributed by atoms with Gasteiger partial charge in [0.15, 0.2) is 6.54 Å². The minimum atomic E-state index is 0.0188. The largest absolute Gasteiger partial charge is 0.326 e. The van der Waals surface area contributed by atoms with Crippen molar-refractivity contribution in [1.82, 2.24) is 9.78 Å². The van der Waals surface area contributed by atoms with Crippen LogP contribution in [0.5, 0.6) is 0 Å². The smallest absolute Gasteiger partial charge is 0.279 e. The van der Waals surface area contributed by atoms with E-state index in [4.69, 9.17) is 0 Å². The highest BCUT2D eigenvalue weighted by Gasteiger charge is 2.16. The van der Waals surface area contributed by atoms with Crippen LogP contribution in [0, 0.1) is 20.8 Å². The zero-order valence-electron chi connectivity index (χ0n) is 14.0. The zero-order valence-corrected chi connectivity index (χ0v) is 14.0. The second-order valence-electron chi connectivity index (χ2n) is 5.95. The summed E-state index contributed by atoms with van der Waals surface area (Å²) in [5, 5.41) is 7.30. The maximum atomic E-state index is 12.2. The summed E-state index contributed by atoms with van der Waals surface area (Å²) in [7, 11) is 3.92. The number of amides is 1. The third-order valence-electron chi connectivity index (χ3n) is 3.99. The van der Waals surface area contributed by atoms with Crippen LogP contribution in [0.2, 0.25) is 0 Å². The fourth-order valence-corrected chi connectivity index (χ4v) is 2.61. The molecule has 0 bridgehead atoms. The van der Waals surface area contributed by atoms with Crippen LogP contribution >= 0.6 is 0 Å². The van der Waals surface area contributed by atoms with Crippen LogP contribution in [0.15, 0.2) is 24.3 Å². The van der Waals surface area contributed by atoms with E-state index in [0.717, 1.165) is 28.5 Å². The van der Waals surface area contributed by atoms with E-state index in [2.05, 4.69) is 29.5 Å². The number of carbonyl (C=O) groups excluding carboxylic acids is 1. The van der Waals surface area contributed by atoms with E-state index in [0.29, 0.717) is 6.54 Å². The number of benzene rings is 1. The number of likely N-dealkylation sites (N-methyl/N-ethyl adjacent to an activating group) is 1. The van der Waals surface area contributed by atoms with Crippen molar-refractivity contribution in [3.8, 4) is 0 Å². The molecule has 1 heterocycles. The van der Waals surface area contributed by atoms with Gasteiger partial charge in [0, 0.05) is 12.6 Å². The Kier molecular flexibility index (Phi) is 4.98. The second-order valence-corrected chi connectivity index (χ2v) is 5.95. The Hall–Kier alpha value is -2.14. The highest BCUT2D eigenvalue weighted by Crippen LogP contribution is 2.17. The molecule has 0 aliphatic carbocycles. The van der Waals surface area contributed by atoms with Gasteiger partial charge >= 0.3 is 0 Å². The van der Waals surface area contributed by atoms with Gasteiger partial charge in [-0.25, -0.2) is 0 Å². The molecule has 2 N–H and O–H groups in total. The maximum Gasteiger partial charge on any atom is 0.279 e. The number of quaternary nitrogens is 1. The lowest BCUT2D eigenvalue weighted by Crippen LogP contribution is -3.08. The summed E-state index contributed by atoms with van der Waals surface area (Å²) >= 11 is 0. The molecule has 5 heteroatoms. The molecule has 1 amide bonds. The fourth-order valence-electron chi connectivity index (χ4n) is 2.61. The van der Waals surface area contributed by atoms with Crippen molar-refractivity contribution in [2.75, 3.05) is 18.9 Å². The SMILES string of the molecule is Cc1ccccc1C[NH+](C)CC(=O)Nc1c(C)nn(C)c1C. The van der Waals surface area contributed by atoms with Gasteiger partial charge in [-0.1, -0.05) is 24.3 Å².